The molecule has 3 aliphatic rings. The molecule has 2 N–H and O–H groups in total. The molecule has 1 spiro atoms. The number of urea groups is 1. The van der Waals surface area contributed by atoms with Gasteiger partial charge in [0.15, 0.2) is 0 Å². The van der Waals surface area contributed by atoms with Crippen LogP contribution in [0.2, 0.25) is 10.0 Å². The molecular weight excluding hydrogens is 726 g/mol. The van der Waals surface area contributed by atoms with Gasteiger partial charge < -0.3 is 25.2 Å². The van der Waals surface area contributed by atoms with E-state index in [9.17, 15) is 14.4 Å². The van der Waals surface area contributed by atoms with Gasteiger partial charge in [0.05, 0.1) is 6.04 Å². The minimum atomic E-state index is -1.21. The molecule has 3 atom stereocenters. The topological polar surface area (TPSA) is 91.0 Å². The Hall–Kier alpha value is -3.02. The first-order valence-corrected chi connectivity index (χ1v) is 17.1. The van der Waals surface area contributed by atoms with Crippen LogP contribution in [0.25, 0.3) is 0 Å². The van der Waals surface area contributed by atoms with E-state index in [-0.39, 0.29) is 30.4 Å². The predicted molar refractivity (Wildman–Crippen MR) is 184 cm³/mol. The number of likely N-dealkylation sites (tertiary alicyclic amines) is 1. The minimum absolute atomic E-state index is 0.0540. The normalized spacial score (nSPS) is 23.0. The molecule has 3 aromatic rings. The number of hydrogen-bond donors (Lipinski definition) is 2. The van der Waals surface area contributed by atoms with Gasteiger partial charge in [0.2, 0.25) is 11.8 Å². The van der Waals surface area contributed by atoms with Crippen molar-refractivity contribution >= 4 is 69.3 Å². The van der Waals surface area contributed by atoms with Gasteiger partial charge in [-0.15, -0.1) is 0 Å². The Morgan fingerprint density at radius 1 is 1.02 bits per heavy atom. The van der Waals surface area contributed by atoms with Gasteiger partial charge in [-0.1, -0.05) is 41.4 Å². The largest absolute Gasteiger partial charge is 0.490 e. The van der Waals surface area contributed by atoms with Crippen LogP contribution in [0.1, 0.15) is 61.8 Å². The van der Waals surface area contributed by atoms with Crippen molar-refractivity contribution in [1.82, 2.24) is 15.1 Å². The van der Waals surface area contributed by atoms with Crippen molar-refractivity contribution in [3.8, 4) is 5.75 Å². The number of anilines is 1. The lowest BCUT2D eigenvalue weighted by Gasteiger charge is -2.47. The third-order valence-corrected chi connectivity index (χ3v) is 10.5. The highest BCUT2D eigenvalue weighted by atomic mass is 127. The van der Waals surface area contributed by atoms with Crippen LogP contribution in [-0.4, -0.2) is 59.9 Å². The molecule has 0 aromatic heterocycles. The lowest BCUT2D eigenvalue weighted by molar-refractivity contribution is -0.131. The molecule has 2 fully saturated rings. The number of piperidine rings is 2. The zero-order chi connectivity index (χ0) is 31.9. The lowest BCUT2D eigenvalue weighted by atomic mass is 9.59. The Labute approximate surface area is 286 Å². The second kappa shape index (κ2) is 13.0. The standard InChI is InChI=1S/C34H35Cl2IN4O4/c1-3-40(4-2)33(44)41-14-12-24(13-15-41)45-29-11-9-23(37)18-25(29)31-34(26-10-8-22(36)17-28(26)38-32(34)43)27(19-30(42)39-31)20-6-5-7-21(35)16-20/h5-11,16-18,24,27,31H,3-4,12-15,19H2,1-2H3,(H,38,43)(H,39,42)/t27-,31+,34-/m0/s1. The first-order valence-electron chi connectivity index (χ1n) is 15.3. The number of carbonyl (C=O) groups excluding carboxylic acids is 3. The molecule has 0 unspecified atom stereocenters. The molecule has 11 heteroatoms. The molecule has 0 bridgehead atoms. The number of nitrogens with one attached hydrogen (secondary N) is 2. The molecule has 3 aliphatic heterocycles. The van der Waals surface area contributed by atoms with Crippen molar-refractivity contribution < 1.29 is 19.1 Å². The van der Waals surface area contributed by atoms with Crippen molar-refractivity contribution in [2.75, 3.05) is 31.5 Å². The monoisotopic (exact) mass is 760 g/mol. The maximum atomic E-state index is 14.4. The average Bonchev–Trinajstić information content (AvgIpc) is 3.30. The van der Waals surface area contributed by atoms with Gasteiger partial charge in [0.25, 0.3) is 0 Å². The maximum Gasteiger partial charge on any atom is 0.319 e. The van der Waals surface area contributed by atoms with E-state index in [1.54, 1.807) is 18.2 Å². The van der Waals surface area contributed by atoms with Gasteiger partial charge >= 0.3 is 6.03 Å². The average molecular weight is 761 g/mol. The number of hydrogen-bond acceptors (Lipinski definition) is 4. The van der Waals surface area contributed by atoms with E-state index in [1.807, 2.05) is 66.1 Å². The fourth-order valence-corrected chi connectivity index (χ4v) is 8.05. The summed E-state index contributed by atoms with van der Waals surface area (Å²) in [6, 6.07) is 18.0. The molecule has 0 aliphatic carbocycles. The third kappa shape index (κ3) is 5.87. The number of fused-ring (bicyclic) bond motifs is 2. The first kappa shape index (κ1) is 31.9. The van der Waals surface area contributed by atoms with E-state index in [4.69, 9.17) is 27.9 Å². The molecule has 0 saturated carbocycles. The second-order valence-corrected chi connectivity index (χ2v) is 13.9. The smallest absolute Gasteiger partial charge is 0.319 e. The fraction of sp³-hybridized carbons (Fsp3) is 0.382. The van der Waals surface area contributed by atoms with Gasteiger partial charge in [-0.3, -0.25) is 9.59 Å². The summed E-state index contributed by atoms with van der Waals surface area (Å²) < 4.78 is 7.64. The number of carbonyl (C=O) groups is 3. The molecule has 6 rings (SSSR count). The van der Waals surface area contributed by atoms with Crippen LogP contribution in [-0.2, 0) is 15.0 Å². The summed E-state index contributed by atoms with van der Waals surface area (Å²) in [5, 5.41) is 7.33. The molecule has 3 aromatic carbocycles. The zero-order valence-corrected chi connectivity index (χ0v) is 28.8. The van der Waals surface area contributed by atoms with Crippen molar-refractivity contribution in [2.24, 2.45) is 0 Å². The number of amides is 4. The summed E-state index contributed by atoms with van der Waals surface area (Å²) in [4.78, 5) is 44.6. The highest BCUT2D eigenvalue weighted by molar-refractivity contribution is 14.1. The lowest BCUT2D eigenvalue weighted by Crippen LogP contribution is -2.57. The van der Waals surface area contributed by atoms with Crippen LogP contribution >= 0.6 is 45.8 Å². The van der Waals surface area contributed by atoms with Crippen LogP contribution < -0.4 is 15.4 Å². The van der Waals surface area contributed by atoms with E-state index in [2.05, 4.69) is 33.2 Å². The SMILES string of the molecule is CCN(CC)C(=O)N1CCC(Oc2ccc(I)cc2[C@H]2NC(=O)C[C@@H](c3cccc(Cl)c3)[C@]23C(=O)Nc2cc(Cl)ccc23)CC1. The van der Waals surface area contributed by atoms with Crippen LogP contribution in [0.4, 0.5) is 10.5 Å². The molecule has 8 nitrogen and oxygen atoms in total. The number of benzene rings is 3. The molecule has 45 heavy (non-hydrogen) atoms. The van der Waals surface area contributed by atoms with Gasteiger partial charge in [0.1, 0.15) is 17.3 Å². The third-order valence-electron chi connectivity index (χ3n) is 9.33. The summed E-state index contributed by atoms with van der Waals surface area (Å²) >= 11 is 15.1. The van der Waals surface area contributed by atoms with Crippen molar-refractivity contribution in [3.63, 3.8) is 0 Å². The minimum Gasteiger partial charge on any atom is -0.490 e. The first-order chi connectivity index (χ1) is 21.6. The van der Waals surface area contributed by atoms with Gasteiger partial charge in [0, 0.05) is 76.2 Å². The maximum absolute atomic E-state index is 14.4. The van der Waals surface area contributed by atoms with Crippen LogP contribution in [0, 0.1) is 3.57 Å². The summed E-state index contributed by atoms with van der Waals surface area (Å²) in [5.41, 5.74) is 1.71. The van der Waals surface area contributed by atoms with E-state index >= 15 is 0 Å². The summed E-state index contributed by atoms with van der Waals surface area (Å²) in [6.07, 6.45) is 1.32. The van der Waals surface area contributed by atoms with Crippen LogP contribution in [0.3, 0.4) is 0 Å². The van der Waals surface area contributed by atoms with Gasteiger partial charge in [-0.05, 0) is 90.0 Å². The Morgan fingerprint density at radius 2 is 1.76 bits per heavy atom. The Balaban J connectivity index is 1.41. The van der Waals surface area contributed by atoms with Gasteiger partial charge in [-0.2, -0.15) is 0 Å². The Morgan fingerprint density at radius 3 is 2.47 bits per heavy atom. The second-order valence-electron chi connectivity index (χ2n) is 11.8. The summed E-state index contributed by atoms with van der Waals surface area (Å²) in [5.74, 6) is -0.297. The Kier molecular flexibility index (Phi) is 9.23. The number of nitrogens with zero attached hydrogens (tertiary/aromatic N) is 2. The molecule has 236 valence electrons. The van der Waals surface area contributed by atoms with E-state index in [0.29, 0.717) is 60.5 Å². The van der Waals surface area contributed by atoms with Crippen molar-refractivity contribution in [1.29, 1.82) is 0 Å². The molecule has 3 heterocycles. The fourth-order valence-electron chi connectivity index (χ4n) is 7.16. The highest BCUT2D eigenvalue weighted by Crippen LogP contribution is 2.58. The highest BCUT2D eigenvalue weighted by Gasteiger charge is 2.61. The van der Waals surface area contributed by atoms with Crippen LogP contribution in [0.5, 0.6) is 5.75 Å². The predicted octanol–water partition coefficient (Wildman–Crippen LogP) is 7.14. The van der Waals surface area contributed by atoms with E-state index < -0.39 is 17.4 Å². The summed E-state index contributed by atoms with van der Waals surface area (Å²) in [7, 11) is 0. The zero-order valence-electron chi connectivity index (χ0n) is 25.1. The van der Waals surface area contributed by atoms with Crippen LogP contribution in [0.15, 0.2) is 60.7 Å². The number of ether oxygens (including phenoxy) is 1. The quantitative estimate of drug-likeness (QED) is 0.262. The van der Waals surface area contributed by atoms with Gasteiger partial charge in [-0.25, -0.2) is 4.79 Å². The van der Waals surface area contributed by atoms with Crippen molar-refractivity contribution in [3.05, 3.63) is 91.0 Å². The number of halogens is 3. The summed E-state index contributed by atoms with van der Waals surface area (Å²) in [6.45, 7) is 6.51. The molecule has 0 radical (unpaired) electrons. The van der Waals surface area contributed by atoms with E-state index in [1.165, 1.54) is 0 Å². The molecular formula is C34H35Cl2IN4O4. The van der Waals surface area contributed by atoms with E-state index in [0.717, 1.165) is 20.3 Å². The number of rotatable bonds is 6. The molecule has 4 amide bonds. The Bertz CT molecular complexity index is 1640. The molecule has 2 saturated heterocycles. The van der Waals surface area contributed by atoms with Crippen molar-refractivity contribution in [2.45, 2.75) is 56.6 Å².